The fourth-order valence-electron chi connectivity index (χ4n) is 4.18. The van der Waals surface area contributed by atoms with Crippen LogP contribution in [-0.4, -0.2) is 63.5 Å². The third kappa shape index (κ3) is 5.95. The van der Waals surface area contributed by atoms with Crippen LogP contribution in [0.1, 0.15) is 22.0 Å². The van der Waals surface area contributed by atoms with E-state index in [0.717, 1.165) is 20.3 Å². The number of ether oxygens (including phenoxy) is 2. The molecule has 1 atom stereocenters. The minimum absolute atomic E-state index is 0.0421. The van der Waals surface area contributed by atoms with E-state index in [2.05, 4.69) is 0 Å². The molecule has 1 aliphatic heterocycles. The van der Waals surface area contributed by atoms with Crippen molar-refractivity contribution in [1.29, 1.82) is 0 Å². The second kappa shape index (κ2) is 11.5. The molecular weight excluding hydrogens is 503 g/mol. The Kier molecular flexibility index (Phi) is 8.40. The predicted octanol–water partition coefficient (Wildman–Crippen LogP) is 4.04. The van der Waals surface area contributed by atoms with Crippen LogP contribution >= 0.6 is 11.3 Å². The molecule has 2 heterocycles. The number of hydrogen-bond donors (Lipinski definition) is 0. The van der Waals surface area contributed by atoms with Crippen LogP contribution in [0.4, 0.5) is 4.39 Å². The highest BCUT2D eigenvalue weighted by atomic mass is 32.2. The highest BCUT2D eigenvalue weighted by Crippen LogP contribution is 2.34. The Morgan fingerprint density at radius 1 is 1.19 bits per heavy atom. The Balaban J connectivity index is 1.56. The molecule has 0 bridgehead atoms. The Hall–Kier alpha value is -2.79. The zero-order chi connectivity index (χ0) is 25.7. The Bertz CT molecular complexity index is 1290. The molecule has 7 nitrogen and oxygen atoms in total. The predicted molar refractivity (Wildman–Crippen MR) is 136 cm³/mol. The van der Waals surface area contributed by atoms with E-state index < -0.39 is 21.9 Å². The summed E-state index contributed by atoms with van der Waals surface area (Å²) in [7, 11) is -2.43. The van der Waals surface area contributed by atoms with Crippen LogP contribution in [0.2, 0.25) is 0 Å². The van der Waals surface area contributed by atoms with Crippen molar-refractivity contribution in [2.75, 3.05) is 40.0 Å². The maximum Gasteiger partial charge on any atom is 0.243 e. The van der Waals surface area contributed by atoms with Crippen molar-refractivity contribution in [3.63, 3.8) is 0 Å². The summed E-state index contributed by atoms with van der Waals surface area (Å²) in [4.78, 5) is 16.5. The van der Waals surface area contributed by atoms with E-state index in [1.807, 2.05) is 18.4 Å². The number of carbonyl (C=O) groups is 1. The monoisotopic (exact) mass is 532 g/mol. The fraction of sp³-hybridized carbons (Fsp3) is 0.346. The average Bonchev–Trinajstić information content (AvgIpc) is 3.34. The summed E-state index contributed by atoms with van der Waals surface area (Å²) in [5.41, 5.74) is 1.91. The molecule has 0 spiro atoms. The molecule has 4 rings (SSSR count). The normalized spacial score (nSPS) is 15.7. The SMILES string of the molecule is COCCN(CC(=O)N1CCc2sccc2[C@H]1COc1cccc(F)c1)S(=O)(=O)c1ccc(C)cc1. The average molecular weight is 533 g/mol. The van der Waals surface area contributed by atoms with Gasteiger partial charge in [-0.1, -0.05) is 23.8 Å². The van der Waals surface area contributed by atoms with E-state index in [4.69, 9.17) is 9.47 Å². The number of aryl methyl sites for hydroxylation is 1. The molecule has 0 radical (unpaired) electrons. The third-order valence-corrected chi connectivity index (χ3v) is 8.99. The lowest BCUT2D eigenvalue weighted by Crippen LogP contribution is -2.48. The molecule has 10 heteroatoms. The molecule has 1 aromatic heterocycles. The van der Waals surface area contributed by atoms with E-state index in [1.54, 1.807) is 52.6 Å². The van der Waals surface area contributed by atoms with Crippen molar-refractivity contribution in [2.45, 2.75) is 24.3 Å². The molecule has 192 valence electrons. The zero-order valence-electron chi connectivity index (χ0n) is 20.2. The molecule has 0 N–H and O–H groups in total. The standard InChI is InChI=1S/C26H29FN2O5S2/c1-19-6-8-22(9-7-19)36(31,32)28(13-14-33-2)17-26(30)29-12-10-25-23(11-15-35-25)24(29)18-34-21-5-3-4-20(27)16-21/h3-9,11,15-16,24H,10,12-14,17-18H2,1-2H3/t24-/m1/s1. The van der Waals surface area contributed by atoms with Crippen molar-refractivity contribution in [3.05, 3.63) is 81.8 Å². The molecule has 1 aliphatic rings. The number of methoxy groups -OCH3 is 1. The molecule has 0 saturated carbocycles. The van der Waals surface area contributed by atoms with Crippen LogP contribution < -0.4 is 4.74 Å². The number of sulfonamides is 1. The van der Waals surface area contributed by atoms with Gasteiger partial charge in [-0.3, -0.25) is 4.79 Å². The van der Waals surface area contributed by atoms with Crippen LogP contribution in [0.3, 0.4) is 0 Å². The molecular formula is C26H29FN2O5S2. The quantitative estimate of drug-likeness (QED) is 0.394. The minimum atomic E-state index is -3.92. The van der Waals surface area contributed by atoms with Gasteiger partial charge in [-0.05, 0) is 54.6 Å². The van der Waals surface area contributed by atoms with Crippen LogP contribution in [0.5, 0.6) is 5.75 Å². The van der Waals surface area contributed by atoms with Crippen molar-refractivity contribution in [3.8, 4) is 5.75 Å². The Morgan fingerprint density at radius 2 is 1.97 bits per heavy atom. The molecule has 2 aromatic carbocycles. The second-order valence-electron chi connectivity index (χ2n) is 8.56. The number of thiophene rings is 1. The zero-order valence-corrected chi connectivity index (χ0v) is 21.9. The largest absolute Gasteiger partial charge is 0.491 e. The summed E-state index contributed by atoms with van der Waals surface area (Å²) in [6.07, 6.45) is 0.679. The topological polar surface area (TPSA) is 76.2 Å². The maximum atomic E-state index is 13.6. The van der Waals surface area contributed by atoms with Gasteiger partial charge >= 0.3 is 0 Å². The first kappa shape index (κ1) is 26.3. The summed E-state index contributed by atoms with van der Waals surface area (Å²) >= 11 is 1.62. The first-order chi connectivity index (χ1) is 17.3. The number of amides is 1. The molecule has 0 aliphatic carbocycles. The fourth-order valence-corrected chi connectivity index (χ4v) is 6.49. The van der Waals surface area contributed by atoms with E-state index in [9.17, 15) is 17.6 Å². The van der Waals surface area contributed by atoms with Crippen LogP contribution in [0.15, 0.2) is 64.9 Å². The summed E-state index contributed by atoms with van der Waals surface area (Å²) in [6, 6.07) is 13.9. The van der Waals surface area contributed by atoms with Gasteiger partial charge in [0.05, 0.1) is 24.1 Å². The summed E-state index contributed by atoms with van der Waals surface area (Å²) < 4.78 is 52.6. The summed E-state index contributed by atoms with van der Waals surface area (Å²) in [5, 5.41) is 1.97. The van der Waals surface area contributed by atoms with Gasteiger partial charge in [-0.25, -0.2) is 12.8 Å². The van der Waals surface area contributed by atoms with Gasteiger partial charge in [0, 0.05) is 31.1 Å². The third-order valence-electron chi connectivity index (χ3n) is 6.13. The molecule has 0 unspecified atom stereocenters. The number of hydrogen-bond acceptors (Lipinski definition) is 6. The van der Waals surface area contributed by atoms with Crippen LogP contribution in [-0.2, 0) is 26.0 Å². The smallest absolute Gasteiger partial charge is 0.243 e. The highest BCUT2D eigenvalue weighted by Gasteiger charge is 2.35. The van der Waals surface area contributed by atoms with Gasteiger partial charge in [-0.15, -0.1) is 11.3 Å². The van der Waals surface area contributed by atoms with Crippen LogP contribution in [0.25, 0.3) is 0 Å². The van der Waals surface area contributed by atoms with E-state index in [0.29, 0.717) is 18.7 Å². The van der Waals surface area contributed by atoms with Crippen molar-refractivity contribution < 1.29 is 27.1 Å². The molecule has 36 heavy (non-hydrogen) atoms. The lowest BCUT2D eigenvalue weighted by molar-refractivity contribution is -0.135. The van der Waals surface area contributed by atoms with Gasteiger partial charge < -0.3 is 14.4 Å². The first-order valence-electron chi connectivity index (χ1n) is 11.6. The lowest BCUT2D eigenvalue weighted by atomic mass is 10.0. The van der Waals surface area contributed by atoms with Crippen molar-refractivity contribution >= 4 is 27.3 Å². The van der Waals surface area contributed by atoms with Gasteiger partial charge in [-0.2, -0.15) is 4.31 Å². The van der Waals surface area contributed by atoms with Crippen molar-refractivity contribution in [1.82, 2.24) is 9.21 Å². The number of benzene rings is 2. The van der Waals surface area contributed by atoms with E-state index >= 15 is 0 Å². The Morgan fingerprint density at radius 3 is 2.69 bits per heavy atom. The van der Waals surface area contributed by atoms with Gasteiger partial charge in [0.15, 0.2) is 0 Å². The molecule has 0 saturated heterocycles. The van der Waals surface area contributed by atoms with E-state index in [1.165, 1.54) is 19.2 Å². The maximum absolute atomic E-state index is 13.6. The number of nitrogens with zero attached hydrogens (tertiary/aromatic N) is 2. The Labute approximate surface area is 215 Å². The number of carbonyl (C=O) groups excluding carboxylic acids is 1. The molecule has 0 fully saturated rings. The number of rotatable bonds is 10. The second-order valence-corrected chi connectivity index (χ2v) is 11.5. The van der Waals surface area contributed by atoms with E-state index in [-0.39, 0.29) is 37.1 Å². The van der Waals surface area contributed by atoms with Gasteiger partial charge in [0.2, 0.25) is 15.9 Å². The minimum Gasteiger partial charge on any atom is -0.491 e. The molecule has 3 aromatic rings. The number of halogens is 1. The summed E-state index contributed by atoms with van der Waals surface area (Å²) in [5.74, 6) is -0.365. The highest BCUT2D eigenvalue weighted by molar-refractivity contribution is 7.89. The van der Waals surface area contributed by atoms with Crippen molar-refractivity contribution in [2.24, 2.45) is 0 Å². The summed E-state index contributed by atoms with van der Waals surface area (Å²) in [6.45, 7) is 2.31. The first-order valence-corrected chi connectivity index (χ1v) is 13.9. The van der Waals surface area contributed by atoms with Crippen LogP contribution in [0, 0.1) is 12.7 Å². The van der Waals surface area contributed by atoms with Gasteiger partial charge in [0.25, 0.3) is 0 Å². The molecule has 1 amide bonds. The lowest BCUT2D eigenvalue weighted by Gasteiger charge is -2.37. The number of fused-ring (bicyclic) bond motifs is 1. The van der Waals surface area contributed by atoms with Gasteiger partial charge in [0.1, 0.15) is 18.2 Å².